The first kappa shape index (κ1) is 18.8. The second-order valence-corrected chi connectivity index (χ2v) is 8.73. The number of fused-ring (bicyclic) bond motifs is 5. The minimum atomic E-state index is -0.224. The van der Waals surface area contributed by atoms with Gasteiger partial charge in [-0.25, -0.2) is 0 Å². The van der Waals surface area contributed by atoms with Crippen molar-refractivity contribution in [1.82, 2.24) is 0 Å². The predicted octanol–water partition coefficient (Wildman–Crippen LogP) is 4.26. The number of amides is 3. The van der Waals surface area contributed by atoms with Crippen LogP contribution < -0.4 is 10.2 Å². The molecule has 1 saturated heterocycles. The molecule has 0 aromatic heterocycles. The van der Waals surface area contributed by atoms with Gasteiger partial charge >= 0.3 is 0 Å². The fourth-order valence-corrected chi connectivity index (χ4v) is 5.37. The minimum Gasteiger partial charge on any atom is -0.322 e. The number of carbonyl (C=O) groups is 3. The highest BCUT2D eigenvalue weighted by Gasteiger charge is 2.60. The lowest BCUT2D eigenvalue weighted by Crippen LogP contribution is -2.33. The van der Waals surface area contributed by atoms with E-state index in [1.165, 1.54) is 10.5 Å². The molecule has 1 N–H and O–H groups in total. The van der Waals surface area contributed by atoms with Gasteiger partial charge in [0.05, 0.1) is 17.5 Å². The Hall–Kier alpha value is -3.21. The standard InChI is InChI=1S/C25H24N2O3/c1-13-5-4-6-20(15(13)3)26-23(28)16-7-9-18(10-8-16)27-24(29)21-17-11-14(2)19(12-17)22(21)25(27)30/h4-11,17,19,21-22H,12H2,1-3H3,(H,26,28)/t17-,19+,21+,22+/m0/s1. The molecule has 5 nitrogen and oxygen atoms in total. The number of anilines is 2. The average Bonchev–Trinajstić information content (AvgIpc) is 3.36. The lowest BCUT2D eigenvalue weighted by Gasteiger charge is -2.19. The van der Waals surface area contributed by atoms with E-state index in [1.807, 2.05) is 32.0 Å². The Morgan fingerprint density at radius 2 is 1.67 bits per heavy atom. The van der Waals surface area contributed by atoms with Crippen LogP contribution in [-0.2, 0) is 9.59 Å². The summed E-state index contributed by atoms with van der Waals surface area (Å²) in [4.78, 5) is 40.1. The minimum absolute atomic E-state index is 0.0995. The van der Waals surface area contributed by atoms with Gasteiger partial charge in [0.1, 0.15) is 0 Å². The number of hydrogen-bond donors (Lipinski definition) is 1. The third-order valence-corrected chi connectivity index (χ3v) is 7.12. The molecule has 1 saturated carbocycles. The van der Waals surface area contributed by atoms with Gasteiger partial charge in [-0.15, -0.1) is 0 Å². The highest BCUT2D eigenvalue weighted by molar-refractivity contribution is 6.23. The van der Waals surface area contributed by atoms with Crippen LogP contribution in [0, 0.1) is 37.5 Å². The molecule has 1 heterocycles. The molecular formula is C25H24N2O3. The number of hydrogen-bond acceptors (Lipinski definition) is 3. The van der Waals surface area contributed by atoms with Crippen molar-refractivity contribution in [3.8, 4) is 0 Å². The van der Waals surface area contributed by atoms with E-state index < -0.39 is 0 Å². The van der Waals surface area contributed by atoms with Crippen molar-refractivity contribution in [3.05, 3.63) is 70.8 Å². The summed E-state index contributed by atoms with van der Waals surface area (Å²) in [5, 5.41) is 2.94. The molecule has 4 atom stereocenters. The fraction of sp³-hybridized carbons (Fsp3) is 0.320. The molecule has 5 rings (SSSR count). The van der Waals surface area contributed by atoms with Gasteiger partial charge in [-0.2, -0.15) is 0 Å². The summed E-state index contributed by atoms with van der Waals surface area (Å²) < 4.78 is 0. The Kier molecular flexibility index (Phi) is 4.17. The summed E-state index contributed by atoms with van der Waals surface area (Å²) >= 11 is 0. The molecule has 0 unspecified atom stereocenters. The maximum Gasteiger partial charge on any atom is 0.255 e. The topological polar surface area (TPSA) is 66.5 Å². The third kappa shape index (κ3) is 2.65. The molecular weight excluding hydrogens is 376 g/mol. The SMILES string of the molecule is CC1=C[C@H]2C[C@H]1[C@H]1C(=O)N(c3ccc(C(=O)Nc4cccc(C)c4C)cc3)C(=O)[C@@H]12. The molecule has 2 aromatic rings. The van der Waals surface area contributed by atoms with E-state index in [-0.39, 0.29) is 41.4 Å². The number of imide groups is 1. The molecule has 0 radical (unpaired) electrons. The molecule has 30 heavy (non-hydrogen) atoms. The summed E-state index contributed by atoms with van der Waals surface area (Å²) in [5.41, 5.74) is 5.18. The van der Waals surface area contributed by atoms with Crippen molar-refractivity contribution in [1.29, 1.82) is 0 Å². The fourth-order valence-electron chi connectivity index (χ4n) is 5.37. The van der Waals surface area contributed by atoms with Gasteiger partial charge in [-0.05, 0) is 80.5 Å². The summed E-state index contributed by atoms with van der Waals surface area (Å²) in [5.74, 6) is -0.484. The maximum absolute atomic E-state index is 13.1. The molecule has 3 amide bonds. The van der Waals surface area contributed by atoms with Crippen molar-refractivity contribution in [2.75, 3.05) is 10.2 Å². The van der Waals surface area contributed by atoms with Crippen LogP contribution in [0.15, 0.2) is 54.1 Å². The zero-order valence-electron chi connectivity index (χ0n) is 17.3. The van der Waals surface area contributed by atoms with Crippen LogP contribution in [0.25, 0.3) is 0 Å². The number of carbonyl (C=O) groups excluding carboxylic acids is 3. The zero-order valence-corrected chi connectivity index (χ0v) is 17.3. The number of allylic oxidation sites excluding steroid dienone is 2. The monoisotopic (exact) mass is 400 g/mol. The van der Waals surface area contributed by atoms with Gasteiger partial charge in [-0.3, -0.25) is 19.3 Å². The van der Waals surface area contributed by atoms with E-state index >= 15 is 0 Å². The van der Waals surface area contributed by atoms with Crippen LogP contribution in [0.2, 0.25) is 0 Å². The average molecular weight is 400 g/mol. The van der Waals surface area contributed by atoms with E-state index in [2.05, 4.69) is 18.3 Å². The number of aryl methyl sites for hydroxylation is 1. The van der Waals surface area contributed by atoms with Crippen molar-refractivity contribution in [2.45, 2.75) is 27.2 Å². The Morgan fingerprint density at radius 3 is 2.40 bits per heavy atom. The first-order chi connectivity index (χ1) is 14.4. The Balaban J connectivity index is 1.36. The summed E-state index contributed by atoms with van der Waals surface area (Å²) in [6.45, 7) is 6.03. The molecule has 0 spiro atoms. The Morgan fingerprint density at radius 1 is 0.967 bits per heavy atom. The molecule has 1 aliphatic heterocycles. The van der Waals surface area contributed by atoms with Crippen molar-refractivity contribution < 1.29 is 14.4 Å². The lowest BCUT2D eigenvalue weighted by molar-refractivity contribution is -0.123. The molecule has 2 aliphatic carbocycles. The van der Waals surface area contributed by atoms with E-state index in [1.54, 1.807) is 24.3 Å². The molecule has 2 fully saturated rings. The third-order valence-electron chi connectivity index (χ3n) is 7.12. The molecule has 152 valence electrons. The van der Waals surface area contributed by atoms with Crippen LogP contribution in [-0.4, -0.2) is 17.7 Å². The largest absolute Gasteiger partial charge is 0.322 e. The van der Waals surface area contributed by atoms with Crippen LogP contribution >= 0.6 is 0 Å². The van der Waals surface area contributed by atoms with E-state index in [9.17, 15) is 14.4 Å². The first-order valence-electron chi connectivity index (χ1n) is 10.4. The normalized spacial score (nSPS) is 26.8. The van der Waals surface area contributed by atoms with Crippen molar-refractivity contribution >= 4 is 29.1 Å². The summed E-state index contributed by atoms with van der Waals surface area (Å²) in [7, 11) is 0. The van der Waals surface area contributed by atoms with E-state index in [0.29, 0.717) is 11.3 Å². The smallest absolute Gasteiger partial charge is 0.255 e. The number of benzene rings is 2. The maximum atomic E-state index is 13.1. The predicted molar refractivity (Wildman–Crippen MR) is 115 cm³/mol. The Bertz CT molecular complexity index is 1120. The highest BCUT2D eigenvalue weighted by Crippen LogP contribution is 2.55. The molecule has 5 heteroatoms. The number of nitrogens with zero attached hydrogens (tertiary/aromatic N) is 1. The van der Waals surface area contributed by atoms with Gasteiger partial charge in [-0.1, -0.05) is 23.8 Å². The van der Waals surface area contributed by atoms with Crippen molar-refractivity contribution in [3.63, 3.8) is 0 Å². The quantitative estimate of drug-likeness (QED) is 0.618. The zero-order chi connectivity index (χ0) is 21.2. The second kappa shape index (κ2) is 6.66. The van der Waals surface area contributed by atoms with Crippen LogP contribution in [0.4, 0.5) is 11.4 Å². The molecule has 2 bridgehead atoms. The van der Waals surface area contributed by atoms with Gasteiger partial charge in [0.15, 0.2) is 0 Å². The van der Waals surface area contributed by atoms with Crippen LogP contribution in [0.5, 0.6) is 0 Å². The van der Waals surface area contributed by atoms with E-state index in [4.69, 9.17) is 0 Å². The van der Waals surface area contributed by atoms with Gasteiger partial charge in [0, 0.05) is 11.3 Å². The lowest BCUT2D eigenvalue weighted by atomic mass is 9.82. The summed E-state index contributed by atoms with van der Waals surface area (Å²) in [6, 6.07) is 12.5. The van der Waals surface area contributed by atoms with Crippen LogP contribution in [0.1, 0.15) is 34.8 Å². The van der Waals surface area contributed by atoms with Gasteiger partial charge in [0.2, 0.25) is 11.8 Å². The van der Waals surface area contributed by atoms with Gasteiger partial charge < -0.3 is 5.32 Å². The molecule has 2 aromatic carbocycles. The Labute approximate surface area is 175 Å². The number of nitrogens with one attached hydrogen (secondary N) is 1. The van der Waals surface area contributed by atoms with Gasteiger partial charge in [0.25, 0.3) is 5.91 Å². The van der Waals surface area contributed by atoms with Crippen molar-refractivity contribution in [2.24, 2.45) is 23.7 Å². The van der Waals surface area contributed by atoms with Crippen LogP contribution in [0.3, 0.4) is 0 Å². The highest BCUT2D eigenvalue weighted by atomic mass is 16.2. The number of rotatable bonds is 3. The second-order valence-electron chi connectivity index (χ2n) is 8.73. The first-order valence-corrected chi connectivity index (χ1v) is 10.4. The van der Waals surface area contributed by atoms with E-state index in [0.717, 1.165) is 23.2 Å². The summed E-state index contributed by atoms with van der Waals surface area (Å²) in [6.07, 6.45) is 3.09. The molecule has 3 aliphatic rings.